The first-order chi connectivity index (χ1) is 9.10. The Balaban J connectivity index is 2.05. The number of ether oxygens (including phenoxy) is 1. The van der Waals surface area contributed by atoms with E-state index < -0.39 is 0 Å². The van der Waals surface area contributed by atoms with E-state index in [-0.39, 0.29) is 10.6 Å². The second kappa shape index (κ2) is 6.02. The molecule has 1 aromatic rings. The molecule has 2 rings (SSSR count). The van der Waals surface area contributed by atoms with Gasteiger partial charge in [-0.15, -0.1) is 0 Å². The maximum atomic E-state index is 11.1. The van der Waals surface area contributed by atoms with E-state index in [0.717, 1.165) is 31.2 Å². The van der Waals surface area contributed by atoms with Crippen molar-refractivity contribution in [2.24, 2.45) is 0 Å². The molecule has 0 bridgehead atoms. The number of aryl methyl sites for hydroxylation is 1. The van der Waals surface area contributed by atoms with E-state index in [1.54, 1.807) is 19.2 Å². The first-order valence-corrected chi connectivity index (χ1v) is 6.64. The molecule has 0 radical (unpaired) electrons. The molecule has 0 aliphatic heterocycles. The summed E-state index contributed by atoms with van der Waals surface area (Å²) >= 11 is 0. The Labute approximate surface area is 113 Å². The summed E-state index contributed by atoms with van der Waals surface area (Å²) in [5, 5.41) is 14.4. The van der Waals surface area contributed by atoms with Gasteiger partial charge in [-0.05, 0) is 44.2 Å². The summed E-state index contributed by atoms with van der Waals surface area (Å²) in [5.74, 6) is 0. The zero-order valence-corrected chi connectivity index (χ0v) is 11.4. The molecule has 0 amide bonds. The summed E-state index contributed by atoms with van der Waals surface area (Å²) in [6.45, 7) is 1.86. The van der Waals surface area contributed by atoms with Crippen molar-refractivity contribution in [2.45, 2.75) is 44.8 Å². The van der Waals surface area contributed by atoms with Crippen LogP contribution >= 0.6 is 0 Å². The number of nitrogens with zero attached hydrogens (tertiary/aromatic N) is 1. The lowest BCUT2D eigenvalue weighted by Gasteiger charge is -2.28. The van der Waals surface area contributed by atoms with Crippen LogP contribution in [0.3, 0.4) is 0 Å². The number of nitro benzene ring substituents is 1. The summed E-state index contributed by atoms with van der Waals surface area (Å²) < 4.78 is 5.33. The molecule has 0 unspecified atom stereocenters. The fourth-order valence-electron chi connectivity index (χ4n) is 2.58. The minimum Gasteiger partial charge on any atom is -0.381 e. The van der Waals surface area contributed by atoms with Gasteiger partial charge in [0.2, 0.25) is 0 Å². The first kappa shape index (κ1) is 13.8. The van der Waals surface area contributed by atoms with Gasteiger partial charge in [-0.25, -0.2) is 0 Å². The standard InChI is InChI=1S/C14H20N2O3/c1-10-3-8-13(14(9-10)16(17)18)15-11-4-6-12(19-2)7-5-11/h3,8-9,11-12,15H,4-7H2,1-2H3. The smallest absolute Gasteiger partial charge is 0.292 e. The number of methoxy groups -OCH3 is 1. The third-order valence-electron chi connectivity index (χ3n) is 3.72. The van der Waals surface area contributed by atoms with Crippen LogP contribution < -0.4 is 5.32 Å². The third kappa shape index (κ3) is 3.44. The van der Waals surface area contributed by atoms with Gasteiger partial charge in [0.05, 0.1) is 11.0 Å². The number of nitrogens with one attached hydrogen (secondary N) is 1. The topological polar surface area (TPSA) is 64.4 Å². The van der Waals surface area contributed by atoms with Crippen LogP contribution in [0.5, 0.6) is 0 Å². The number of hydrogen-bond acceptors (Lipinski definition) is 4. The van der Waals surface area contributed by atoms with Crippen LogP contribution in [0.25, 0.3) is 0 Å². The zero-order chi connectivity index (χ0) is 13.8. The van der Waals surface area contributed by atoms with Gasteiger partial charge in [-0.3, -0.25) is 10.1 Å². The van der Waals surface area contributed by atoms with E-state index in [4.69, 9.17) is 4.74 Å². The summed E-state index contributed by atoms with van der Waals surface area (Å²) in [5.41, 5.74) is 1.69. The van der Waals surface area contributed by atoms with Crippen molar-refractivity contribution in [1.82, 2.24) is 0 Å². The van der Waals surface area contributed by atoms with E-state index >= 15 is 0 Å². The summed E-state index contributed by atoms with van der Waals surface area (Å²) in [6.07, 6.45) is 4.33. The second-order valence-corrected chi connectivity index (χ2v) is 5.13. The molecular weight excluding hydrogens is 244 g/mol. The highest BCUT2D eigenvalue weighted by atomic mass is 16.6. The summed E-state index contributed by atoms with van der Waals surface area (Å²) in [7, 11) is 1.74. The molecule has 1 aliphatic carbocycles. The zero-order valence-electron chi connectivity index (χ0n) is 11.4. The molecular formula is C14H20N2O3. The van der Waals surface area contributed by atoms with Crippen molar-refractivity contribution in [2.75, 3.05) is 12.4 Å². The average Bonchev–Trinajstić information content (AvgIpc) is 2.41. The molecule has 1 fully saturated rings. The van der Waals surface area contributed by atoms with E-state index in [0.29, 0.717) is 17.8 Å². The van der Waals surface area contributed by atoms with Crippen LogP contribution in [0.1, 0.15) is 31.2 Å². The lowest BCUT2D eigenvalue weighted by atomic mass is 9.92. The van der Waals surface area contributed by atoms with Crippen molar-refractivity contribution < 1.29 is 9.66 Å². The minimum absolute atomic E-state index is 0.161. The number of benzene rings is 1. The first-order valence-electron chi connectivity index (χ1n) is 6.64. The predicted molar refractivity (Wildman–Crippen MR) is 74.5 cm³/mol. The molecule has 1 N–H and O–H groups in total. The van der Waals surface area contributed by atoms with Gasteiger partial charge >= 0.3 is 0 Å². The monoisotopic (exact) mass is 264 g/mol. The van der Waals surface area contributed by atoms with Gasteiger partial charge in [0.15, 0.2) is 0 Å². The van der Waals surface area contributed by atoms with Crippen molar-refractivity contribution in [3.05, 3.63) is 33.9 Å². The lowest BCUT2D eigenvalue weighted by Crippen LogP contribution is -2.29. The average molecular weight is 264 g/mol. The van der Waals surface area contributed by atoms with Crippen LogP contribution in [0, 0.1) is 17.0 Å². The number of nitro groups is 1. The fraction of sp³-hybridized carbons (Fsp3) is 0.571. The van der Waals surface area contributed by atoms with Crippen molar-refractivity contribution in [3.8, 4) is 0 Å². The number of hydrogen-bond donors (Lipinski definition) is 1. The molecule has 5 nitrogen and oxygen atoms in total. The molecule has 0 heterocycles. The molecule has 0 saturated heterocycles. The quantitative estimate of drug-likeness (QED) is 0.669. The number of rotatable bonds is 4. The second-order valence-electron chi connectivity index (χ2n) is 5.13. The number of anilines is 1. The van der Waals surface area contributed by atoms with Crippen molar-refractivity contribution in [3.63, 3.8) is 0 Å². The molecule has 0 spiro atoms. The van der Waals surface area contributed by atoms with Crippen LogP contribution in [-0.4, -0.2) is 24.2 Å². The highest BCUT2D eigenvalue weighted by Crippen LogP contribution is 2.29. The Hall–Kier alpha value is -1.62. The normalized spacial score (nSPS) is 23.1. The molecule has 1 aromatic carbocycles. The van der Waals surface area contributed by atoms with Crippen LogP contribution in [0.2, 0.25) is 0 Å². The van der Waals surface area contributed by atoms with Gasteiger partial charge < -0.3 is 10.1 Å². The Bertz CT molecular complexity index is 454. The Morgan fingerprint density at radius 2 is 2.00 bits per heavy atom. The van der Waals surface area contributed by atoms with Crippen molar-refractivity contribution in [1.29, 1.82) is 0 Å². The Morgan fingerprint density at radius 1 is 1.32 bits per heavy atom. The van der Waals surface area contributed by atoms with E-state index in [1.807, 2.05) is 13.0 Å². The SMILES string of the molecule is COC1CCC(Nc2ccc(C)cc2[N+](=O)[O-])CC1. The highest BCUT2D eigenvalue weighted by Gasteiger charge is 2.23. The molecule has 0 atom stereocenters. The summed E-state index contributed by atoms with van der Waals surface area (Å²) in [4.78, 5) is 10.7. The van der Waals surface area contributed by atoms with E-state index in [9.17, 15) is 10.1 Å². The molecule has 104 valence electrons. The van der Waals surface area contributed by atoms with Crippen LogP contribution in [0.15, 0.2) is 18.2 Å². The van der Waals surface area contributed by atoms with E-state index in [1.165, 1.54) is 0 Å². The van der Waals surface area contributed by atoms with Gasteiger partial charge in [0.1, 0.15) is 5.69 Å². The molecule has 0 aromatic heterocycles. The van der Waals surface area contributed by atoms with Crippen molar-refractivity contribution >= 4 is 11.4 Å². The minimum atomic E-state index is -0.323. The fourth-order valence-corrected chi connectivity index (χ4v) is 2.58. The van der Waals surface area contributed by atoms with Crippen LogP contribution in [-0.2, 0) is 4.74 Å². The molecule has 19 heavy (non-hydrogen) atoms. The van der Waals surface area contributed by atoms with Gasteiger partial charge in [-0.1, -0.05) is 6.07 Å². The largest absolute Gasteiger partial charge is 0.381 e. The maximum absolute atomic E-state index is 11.1. The van der Waals surface area contributed by atoms with E-state index in [2.05, 4.69) is 5.32 Å². The molecule has 5 heteroatoms. The van der Waals surface area contributed by atoms with Gasteiger partial charge in [-0.2, -0.15) is 0 Å². The van der Waals surface area contributed by atoms with Gasteiger partial charge in [0, 0.05) is 19.2 Å². The Kier molecular flexibility index (Phi) is 4.37. The van der Waals surface area contributed by atoms with Crippen LogP contribution in [0.4, 0.5) is 11.4 Å². The maximum Gasteiger partial charge on any atom is 0.292 e. The third-order valence-corrected chi connectivity index (χ3v) is 3.72. The lowest BCUT2D eigenvalue weighted by molar-refractivity contribution is -0.384. The highest BCUT2D eigenvalue weighted by molar-refractivity contribution is 5.63. The molecule has 1 saturated carbocycles. The summed E-state index contributed by atoms with van der Waals surface area (Å²) in [6, 6.07) is 5.61. The van der Waals surface area contributed by atoms with Gasteiger partial charge in [0.25, 0.3) is 5.69 Å². The molecule has 1 aliphatic rings. The Morgan fingerprint density at radius 3 is 2.58 bits per heavy atom. The predicted octanol–water partition coefficient (Wildman–Crippen LogP) is 3.27.